The number of H-pyrrole nitrogens is 1. The minimum absolute atomic E-state index is 0.0247. The molecule has 23 heavy (non-hydrogen) atoms. The number of aromatic nitrogens is 3. The SMILES string of the molecule is CC(=O)c1c[nH]c(C(=O)OCc2nc3ccccc3nc2C)c1. The van der Waals surface area contributed by atoms with Gasteiger partial charge in [-0.25, -0.2) is 14.8 Å². The van der Waals surface area contributed by atoms with Crippen molar-refractivity contribution in [3.8, 4) is 0 Å². The van der Waals surface area contributed by atoms with Gasteiger partial charge in [-0.3, -0.25) is 4.79 Å². The topological polar surface area (TPSA) is 84.9 Å². The molecule has 0 saturated heterocycles. The summed E-state index contributed by atoms with van der Waals surface area (Å²) in [6, 6.07) is 8.99. The summed E-state index contributed by atoms with van der Waals surface area (Å²) < 4.78 is 5.25. The maximum Gasteiger partial charge on any atom is 0.355 e. The predicted octanol–water partition coefficient (Wildman–Crippen LogP) is 2.83. The number of ether oxygens (including phenoxy) is 1. The van der Waals surface area contributed by atoms with Gasteiger partial charge in [0.1, 0.15) is 12.3 Å². The van der Waals surface area contributed by atoms with Crippen molar-refractivity contribution in [2.75, 3.05) is 0 Å². The van der Waals surface area contributed by atoms with E-state index in [1.54, 1.807) is 0 Å². The van der Waals surface area contributed by atoms with Gasteiger partial charge in [0.2, 0.25) is 0 Å². The lowest BCUT2D eigenvalue weighted by Crippen LogP contribution is -2.08. The Hall–Kier alpha value is -3.02. The van der Waals surface area contributed by atoms with E-state index in [-0.39, 0.29) is 18.1 Å². The van der Waals surface area contributed by atoms with Crippen LogP contribution in [0.3, 0.4) is 0 Å². The second kappa shape index (κ2) is 6.00. The van der Waals surface area contributed by atoms with E-state index in [1.807, 2.05) is 31.2 Å². The minimum atomic E-state index is -0.535. The molecule has 0 radical (unpaired) electrons. The molecule has 6 heteroatoms. The predicted molar refractivity (Wildman–Crippen MR) is 84.2 cm³/mol. The number of ketones is 1. The maximum atomic E-state index is 12.0. The summed E-state index contributed by atoms with van der Waals surface area (Å²) in [5.74, 6) is -0.650. The van der Waals surface area contributed by atoms with Gasteiger partial charge in [0.05, 0.1) is 22.4 Å². The van der Waals surface area contributed by atoms with Crippen molar-refractivity contribution in [3.05, 3.63) is 59.2 Å². The van der Waals surface area contributed by atoms with E-state index in [4.69, 9.17) is 4.74 Å². The number of carbonyl (C=O) groups excluding carboxylic acids is 2. The number of aromatic amines is 1. The van der Waals surface area contributed by atoms with Gasteiger partial charge in [-0.2, -0.15) is 0 Å². The Bertz CT molecular complexity index is 899. The van der Waals surface area contributed by atoms with Crippen LogP contribution in [-0.2, 0) is 11.3 Å². The van der Waals surface area contributed by atoms with E-state index in [2.05, 4.69) is 15.0 Å². The molecule has 0 saturated carbocycles. The highest BCUT2D eigenvalue weighted by Gasteiger charge is 2.13. The summed E-state index contributed by atoms with van der Waals surface area (Å²) in [5, 5.41) is 0. The number of hydrogen-bond donors (Lipinski definition) is 1. The standard InChI is InChI=1S/C17H15N3O3/c1-10-16(20-14-6-4-3-5-13(14)19-10)9-23-17(22)15-7-12(8-18-15)11(2)21/h3-8,18H,9H2,1-2H3. The molecule has 1 N–H and O–H groups in total. The molecule has 0 aliphatic heterocycles. The number of carbonyl (C=O) groups is 2. The molecule has 3 aromatic rings. The third kappa shape index (κ3) is 3.11. The van der Waals surface area contributed by atoms with Gasteiger partial charge in [0.25, 0.3) is 0 Å². The Kier molecular flexibility index (Phi) is 3.89. The normalized spacial score (nSPS) is 10.7. The molecule has 0 atom stereocenters. The first-order valence-corrected chi connectivity index (χ1v) is 7.13. The van der Waals surface area contributed by atoms with Gasteiger partial charge < -0.3 is 9.72 Å². The number of nitrogens with one attached hydrogen (secondary N) is 1. The number of fused-ring (bicyclic) bond motifs is 1. The van der Waals surface area contributed by atoms with E-state index < -0.39 is 5.97 Å². The first-order valence-electron chi connectivity index (χ1n) is 7.13. The smallest absolute Gasteiger partial charge is 0.355 e. The summed E-state index contributed by atoms with van der Waals surface area (Å²) in [7, 11) is 0. The van der Waals surface area contributed by atoms with Crippen LogP contribution in [0, 0.1) is 6.92 Å². The number of hydrogen-bond acceptors (Lipinski definition) is 5. The van der Waals surface area contributed by atoms with Crippen molar-refractivity contribution in [3.63, 3.8) is 0 Å². The van der Waals surface area contributed by atoms with Crippen LogP contribution < -0.4 is 0 Å². The number of Topliss-reactive ketones (excluding diaryl/α,β-unsaturated/α-hetero) is 1. The zero-order valence-corrected chi connectivity index (χ0v) is 12.8. The van der Waals surface area contributed by atoms with E-state index in [9.17, 15) is 9.59 Å². The number of aryl methyl sites for hydroxylation is 1. The van der Waals surface area contributed by atoms with Gasteiger partial charge in [-0.15, -0.1) is 0 Å². The van der Waals surface area contributed by atoms with E-state index in [1.165, 1.54) is 19.2 Å². The van der Waals surface area contributed by atoms with Crippen LogP contribution in [0.2, 0.25) is 0 Å². The molecule has 1 aromatic carbocycles. The molecule has 0 spiro atoms. The average Bonchev–Trinajstić information content (AvgIpc) is 3.03. The molecule has 116 valence electrons. The highest BCUT2D eigenvalue weighted by molar-refractivity contribution is 5.97. The van der Waals surface area contributed by atoms with Gasteiger partial charge >= 0.3 is 5.97 Å². The summed E-state index contributed by atoms with van der Waals surface area (Å²) in [5.41, 5.74) is 3.56. The van der Waals surface area contributed by atoms with Crippen LogP contribution in [0.1, 0.15) is 39.2 Å². The number of esters is 1. The highest BCUT2D eigenvalue weighted by atomic mass is 16.5. The monoisotopic (exact) mass is 309 g/mol. The minimum Gasteiger partial charge on any atom is -0.454 e. The molecule has 0 bridgehead atoms. The number of rotatable bonds is 4. The second-order valence-electron chi connectivity index (χ2n) is 5.18. The fourth-order valence-corrected chi connectivity index (χ4v) is 2.19. The molecular weight excluding hydrogens is 294 g/mol. The van der Waals surface area contributed by atoms with Crippen LogP contribution in [-0.4, -0.2) is 26.7 Å². The maximum absolute atomic E-state index is 12.0. The fourth-order valence-electron chi connectivity index (χ4n) is 2.19. The molecule has 6 nitrogen and oxygen atoms in total. The molecule has 2 heterocycles. The summed E-state index contributed by atoms with van der Waals surface area (Å²) >= 11 is 0. The molecule has 0 fully saturated rings. The van der Waals surface area contributed by atoms with Crippen molar-refractivity contribution in [1.29, 1.82) is 0 Å². The van der Waals surface area contributed by atoms with Crippen molar-refractivity contribution in [2.24, 2.45) is 0 Å². The van der Waals surface area contributed by atoms with Crippen molar-refractivity contribution in [2.45, 2.75) is 20.5 Å². The third-order valence-electron chi connectivity index (χ3n) is 3.49. The molecule has 0 aliphatic carbocycles. The first kappa shape index (κ1) is 14.9. The van der Waals surface area contributed by atoms with Gasteiger partial charge in [0.15, 0.2) is 5.78 Å². The highest BCUT2D eigenvalue weighted by Crippen LogP contribution is 2.14. The first-order chi connectivity index (χ1) is 11.0. The van der Waals surface area contributed by atoms with Gasteiger partial charge in [-0.05, 0) is 32.0 Å². The van der Waals surface area contributed by atoms with Crippen molar-refractivity contribution >= 4 is 22.8 Å². The molecular formula is C17H15N3O3. The Balaban J connectivity index is 1.75. The van der Waals surface area contributed by atoms with E-state index in [0.29, 0.717) is 17.0 Å². The lowest BCUT2D eigenvalue weighted by molar-refractivity contribution is 0.0461. The Morgan fingerprint density at radius 3 is 2.52 bits per heavy atom. The largest absolute Gasteiger partial charge is 0.454 e. The lowest BCUT2D eigenvalue weighted by atomic mass is 10.2. The van der Waals surface area contributed by atoms with Crippen LogP contribution in [0.15, 0.2) is 36.5 Å². The fraction of sp³-hybridized carbons (Fsp3) is 0.176. The Morgan fingerprint density at radius 1 is 1.17 bits per heavy atom. The summed E-state index contributed by atoms with van der Waals surface area (Å²) in [6.45, 7) is 3.29. The lowest BCUT2D eigenvalue weighted by Gasteiger charge is -2.07. The third-order valence-corrected chi connectivity index (χ3v) is 3.49. The van der Waals surface area contributed by atoms with E-state index >= 15 is 0 Å². The second-order valence-corrected chi connectivity index (χ2v) is 5.18. The van der Waals surface area contributed by atoms with Crippen LogP contribution in [0.5, 0.6) is 0 Å². The van der Waals surface area contributed by atoms with Gasteiger partial charge in [-0.1, -0.05) is 12.1 Å². The average molecular weight is 309 g/mol. The summed E-state index contributed by atoms with van der Waals surface area (Å²) in [6.07, 6.45) is 1.49. The van der Waals surface area contributed by atoms with Crippen molar-refractivity contribution < 1.29 is 14.3 Å². The molecule has 3 rings (SSSR count). The van der Waals surface area contributed by atoms with Crippen LogP contribution in [0.25, 0.3) is 11.0 Å². The van der Waals surface area contributed by atoms with Gasteiger partial charge in [0, 0.05) is 11.8 Å². The number of nitrogens with zero attached hydrogens (tertiary/aromatic N) is 2. The van der Waals surface area contributed by atoms with Crippen LogP contribution >= 0.6 is 0 Å². The number of benzene rings is 1. The van der Waals surface area contributed by atoms with Crippen LogP contribution in [0.4, 0.5) is 0 Å². The zero-order valence-electron chi connectivity index (χ0n) is 12.8. The summed E-state index contributed by atoms with van der Waals surface area (Å²) in [4.78, 5) is 34.9. The number of para-hydroxylation sites is 2. The van der Waals surface area contributed by atoms with E-state index in [0.717, 1.165) is 11.0 Å². The van der Waals surface area contributed by atoms with Crippen molar-refractivity contribution in [1.82, 2.24) is 15.0 Å². The molecule has 0 unspecified atom stereocenters. The molecule has 2 aromatic heterocycles. The Labute approximate surface area is 132 Å². The molecule has 0 amide bonds. The molecule has 0 aliphatic rings. The zero-order chi connectivity index (χ0) is 16.4. The quantitative estimate of drug-likeness (QED) is 0.591. The Morgan fingerprint density at radius 2 is 1.87 bits per heavy atom.